The Bertz CT molecular complexity index is 2370. The number of anilines is 2. The van der Waals surface area contributed by atoms with Crippen LogP contribution in [0.15, 0.2) is 107 Å². The molecule has 0 spiro atoms. The summed E-state index contributed by atoms with van der Waals surface area (Å²) in [5.41, 5.74) is 20.1. The van der Waals surface area contributed by atoms with Crippen molar-refractivity contribution >= 4 is 34.5 Å². The fraction of sp³-hybridized carbons (Fsp3) is 0.321. The van der Waals surface area contributed by atoms with Gasteiger partial charge in [-0.2, -0.15) is 28.2 Å². The van der Waals surface area contributed by atoms with E-state index in [0.29, 0.717) is 22.5 Å². The van der Waals surface area contributed by atoms with Crippen LogP contribution in [0.5, 0.6) is 0 Å². The fourth-order valence-electron chi connectivity index (χ4n) is 8.21. The van der Waals surface area contributed by atoms with Crippen LogP contribution in [0.25, 0.3) is 32.9 Å². The smallest absolute Gasteiger partial charge is 0.858 e. The van der Waals surface area contributed by atoms with Crippen LogP contribution in [0.3, 0.4) is 0 Å². The number of hydrogen-bond acceptors (Lipinski definition) is 6. The van der Waals surface area contributed by atoms with Crippen LogP contribution in [-0.4, -0.2) is 68.2 Å². The second-order valence-corrected chi connectivity index (χ2v) is 16.9. The van der Waals surface area contributed by atoms with Gasteiger partial charge >= 0.3 is 18.6 Å². The van der Waals surface area contributed by atoms with E-state index in [0.717, 1.165) is 89.3 Å². The first-order chi connectivity index (χ1) is 30.2. The van der Waals surface area contributed by atoms with Crippen LogP contribution in [0.1, 0.15) is 66.8 Å². The molecule has 65 heavy (non-hydrogen) atoms. The van der Waals surface area contributed by atoms with Crippen LogP contribution >= 0.6 is 0 Å². The van der Waals surface area contributed by atoms with Gasteiger partial charge in [0.15, 0.2) is 0 Å². The van der Waals surface area contributed by atoms with Gasteiger partial charge in [-0.3, -0.25) is 9.98 Å². The monoisotopic (exact) mass is 909 g/mol. The van der Waals surface area contributed by atoms with Crippen molar-refractivity contribution in [1.82, 2.24) is 0 Å². The molecule has 0 aliphatic carbocycles. The Kier molecular flexibility index (Phi) is 22.0. The van der Waals surface area contributed by atoms with Gasteiger partial charge in [-0.15, -0.1) is 0 Å². The minimum absolute atomic E-state index is 0. The van der Waals surface area contributed by atoms with Crippen molar-refractivity contribution < 1.29 is 28.8 Å². The number of aryl methyl sites for hydroxylation is 10. The zero-order valence-electron chi connectivity index (χ0n) is 42.2. The maximum atomic E-state index is 13.2. The quantitative estimate of drug-likeness (QED) is 0.112. The Balaban J connectivity index is 0.000000393. The van der Waals surface area contributed by atoms with Gasteiger partial charge in [-0.25, -0.2) is 0 Å². The van der Waals surface area contributed by atoms with Crippen molar-refractivity contribution in [3.05, 3.63) is 174 Å². The summed E-state index contributed by atoms with van der Waals surface area (Å²) < 4.78 is 0. The van der Waals surface area contributed by atoms with Gasteiger partial charge in [0.1, 0.15) is 0 Å². The molecule has 8 nitrogen and oxygen atoms in total. The molecule has 9 heteroatoms. The standard InChI is InChI=1S/2C26H30N2O.2C2H6N.V/c2*1-16-14-19(4)23(20(5)15-16)26(29)27-21-12-8-10-17(2)24(21)25-18(3)11-9-13-22(25)28(6)7;2*1-3-2;/h2*8-15H,1-7H3,(H,27,29);2*1-2H3;/q;;2*-1;+4/p-2. The number of rotatable bonds is 8. The molecule has 0 N–H and O–H groups in total. The Morgan fingerprint density at radius 2 is 0.646 bits per heavy atom. The van der Waals surface area contributed by atoms with E-state index >= 15 is 0 Å². The maximum Gasteiger partial charge on any atom is 4.00 e. The second kappa shape index (κ2) is 25.7. The van der Waals surface area contributed by atoms with Gasteiger partial charge in [0.2, 0.25) is 0 Å². The van der Waals surface area contributed by atoms with E-state index in [4.69, 9.17) is 0 Å². The molecule has 0 fully saturated rings. The van der Waals surface area contributed by atoms with E-state index in [9.17, 15) is 10.2 Å². The topological polar surface area (TPSA) is 106 Å². The molecule has 6 rings (SSSR count). The first kappa shape index (κ1) is 55.5. The summed E-state index contributed by atoms with van der Waals surface area (Å²) in [4.78, 5) is 13.4. The van der Waals surface area contributed by atoms with E-state index in [1.807, 2.05) is 118 Å². The Morgan fingerprint density at radius 1 is 0.400 bits per heavy atom. The summed E-state index contributed by atoms with van der Waals surface area (Å²) in [6.07, 6.45) is 0. The average Bonchev–Trinajstić information content (AvgIpc) is 3.18. The van der Waals surface area contributed by atoms with E-state index < -0.39 is 0 Å². The summed E-state index contributed by atoms with van der Waals surface area (Å²) in [6, 6.07) is 32.7. The molecule has 0 unspecified atom stereocenters. The van der Waals surface area contributed by atoms with E-state index in [1.165, 1.54) is 0 Å². The first-order valence-electron chi connectivity index (χ1n) is 21.6. The SMILES string of the molecule is C[N-]C.C[N-]C.Cc1cc(C)c(C([O-])=Nc2cccc(C)c2-c2c(C)cccc2N(C)C)c(C)c1.Cc1cc(C)c(C([O-])=Nc2cccc(C)c2-c2c(C)cccc2N(C)C)c(C)c1.[V+4]. The summed E-state index contributed by atoms with van der Waals surface area (Å²) in [7, 11) is 15.2. The molecule has 0 aromatic heterocycles. The number of benzene rings is 6. The molecule has 6 aromatic rings. The molecule has 0 bridgehead atoms. The largest absolute Gasteiger partial charge is 4.00 e. The van der Waals surface area contributed by atoms with Gasteiger partial charge < -0.3 is 30.6 Å². The van der Waals surface area contributed by atoms with E-state index in [2.05, 4.69) is 107 Å². The molecule has 0 aliphatic heterocycles. The molecule has 0 amide bonds. The van der Waals surface area contributed by atoms with Gasteiger partial charge in [-0.1, -0.05) is 83.9 Å². The number of hydrogen-bond donors (Lipinski definition) is 0. The third kappa shape index (κ3) is 14.2. The van der Waals surface area contributed by atoms with E-state index in [1.54, 1.807) is 28.2 Å². The second-order valence-electron chi connectivity index (χ2n) is 16.9. The van der Waals surface area contributed by atoms with Crippen LogP contribution in [0.2, 0.25) is 0 Å². The van der Waals surface area contributed by atoms with Crippen LogP contribution in [0.4, 0.5) is 22.7 Å². The summed E-state index contributed by atoms with van der Waals surface area (Å²) in [5.74, 6) is -0.376. The third-order valence-corrected chi connectivity index (χ3v) is 10.7. The van der Waals surface area contributed by atoms with Crippen LogP contribution in [0, 0.1) is 69.2 Å². The van der Waals surface area contributed by atoms with Gasteiger partial charge in [0.05, 0.1) is 11.4 Å². The minimum atomic E-state index is -0.188. The third-order valence-electron chi connectivity index (χ3n) is 10.7. The zero-order valence-corrected chi connectivity index (χ0v) is 43.6. The molecule has 1 radical (unpaired) electrons. The minimum Gasteiger partial charge on any atom is -0.858 e. The van der Waals surface area contributed by atoms with Crippen molar-refractivity contribution in [3.63, 3.8) is 0 Å². The average molecular weight is 910 g/mol. The Hall–Kier alpha value is -5.64. The fourth-order valence-corrected chi connectivity index (χ4v) is 8.21. The Labute approximate surface area is 403 Å². The first-order valence-corrected chi connectivity index (χ1v) is 21.6. The van der Waals surface area contributed by atoms with Gasteiger partial charge in [0, 0.05) is 61.8 Å². The summed E-state index contributed by atoms with van der Waals surface area (Å²) in [6.45, 7) is 20.4. The number of nitrogens with zero attached hydrogens (tertiary/aromatic N) is 6. The normalized spacial score (nSPS) is 10.9. The molecule has 0 saturated heterocycles. The molecule has 0 heterocycles. The van der Waals surface area contributed by atoms with E-state index in [-0.39, 0.29) is 30.4 Å². The van der Waals surface area contributed by atoms with Crippen molar-refractivity contribution in [3.8, 4) is 22.3 Å². The predicted octanol–water partition coefficient (Wildman–Crippen LogP) is 12.0. The van der Waals surface area contributed by atoms with Crippen molar-refractivity contribution in [1.29, 1.82) is 0 Å². The number of aliphatic imine (C=N–C) groups is 2. The molecular weight excluding hydrogens is 840 g/mol. The zero-order chi connectivity index (χ0) is 48.0. The summed E-state index contributed by atoms with van der Waals surface area (Å²) in [5, 5.41) is 33.4. The van der Waals surface area contributed by atoms with Crippen LogP contribution in [-0.2, 0) is 18.6 Å². The van der Waals surface area contributed by atoms with Crippen LogP contribution < -0.4 is 20.0 Å². The molecule has 341 valence electrons. The molecular formula is C56H70N6O2V. The van der Waals surface area contributed by atoms with Crippen molar-refractivity contribution in [2.75, 3.05) is 66.2 Å². The van der Waals surface area contributed by atoms with Gasteiger partial charge in [-0.05, 0) is 161 Å². The van der Waals surface area contributed by atoms with Gasteiger partial charge in [0.25, 0.3) is 0 Å². The summed E-state index contributed by atoms with van der Waals surface area (Å²) >= 11 is 0. The molecule has 0 saturated carbocycles. The molecule has 0 aliphatic rings. The Morgan fingerprint density at radius 3 is 0.908 bits per heavy atom. The predicted molar refractivity (Wildman–Crippen MR) is 275 cm³/mol. The van der Waals surface area contributed by atoms with Crippen molar-refractivity contribution in [2.45, 2.75) is 69.2 Å². The maximum absolute atomic E-state index is 13.2. The molecule has 6 aromatic carbocycles. The molecule has 0 atom stereocenters. The van der Waals surface area contributed by atoms with Crippen molar-refractivity contribution in [2.24, 2.45) is 9.98 Å².